The highest BCUT2D eigenvalue weighted by molar-refractivity contribution is 6.00. The Bertz CT molecular complexity index is 722. The Morgan fingerprint density at radius 2 is 2.11 bits per heavy atom. The van der Waals surface area contributed by atoms with Crippen molar-refractivity contribution in [2.75, 3.05) is 0 Å². The van der Waals surface area contributed by atoms with Gasteiger partial charge < -0.3 is 19.3 Å². The van der Waals surface area contributed by atoms with Crippen LogP contribution in [0.2, 0.25) is 0 Å². The van der Waals surface area contributed by atoms with Crippen molar-refractivity contribution in [3.63, 3.8) is 0 Å². The van der Waals surface area contributed by atoms with E-state index in [1.165, 1.54) is 13.0 Å². The van der Waals surface area contributed by atoms with Gasteiger partial charge in [-0.2, -0.15) is 0 Å². The number of esters is 2. The van der Waals surface area contributed by atoms with Crippen molar-refractivity contribution in [2.45, 2.75) is 64.4 Å². The highest BCUT2D eigenvalue weighted by Crippen LogP contribution is 2.44. The number of aliphatic hydroxyl groups is 1. The average molecular weight is 378 g/mol. The second kappa shape index (κ2) is 6.78. The van der Waals surface area contributed by atoms with Gasteiger partial charge in [0.05, 0.1) is 5.92 Å². The standard InChI is InChI=1S/C20H26O7/c1-9(2)6-15(22)26-17-16-11(4)19(24)25-13(16)7-10(3)12-8-14(21)20(5,27-12)18(17)23/h8-10,13,16-18,23H,4,6-7H2,1-3,5H3/t10-,13-,16+,17+,18-,20-/m1/s1. The summed E-state index contributed by atoms with van der Waals surface area (Å²) in [5.41, 5.74) is -1.45. The fraction of sp³-hybridized carbons (Fsp3) is 0.650. The Balaban J connectivity index is 2.02. The lowest BCUT2D eigenvalue weighted by Gasteiger charge is -2.36. The predicted octanol–water partition coefficient (Wildman–Crippen LogP) is 1.68. The third-order valence-electron chi connectivity index (χ3n) is 5.56. The van der Waals surface area contributed by atoms with Crippen LogP contribution in [-0.2, 0) is 28.6 Å². The molecule has 0 aliphatic carbocycles. The molecule has 3 aliphatic rings. The number of ether oxygens (including phenoxy) is 3. The number of allylic oxidation sites excluding steroid dienone is 1. The molecule has 0 aromatic heterocycles. The van der Waals surface area contributed by atoms with Crippen LogP contribution in [0.4, 0.5) is 0 Å². The summed E-state index contributed by atoms with van der Waals surface area (Å²) in [6, 6.07) is 0. The van der Waals surface area contributed by atoms with Crippen LogP contribution in [0.1, 0.15) is 40.5 Å². The third kappa shape index (κ3) is 3.29. The van der Waals surface area contributed by atoms with Gasteiger partial charge in [0, 0.05) is 24.0 Å². The maximum absolute atomic E-state index is 12.6. The third-order valence-corrected chi connectivity index (χ3v) is 5.56. The molecule has 0 aromatic rings. The van der Waals surface area contributed by atoms with E-state index in [2.05, 4.69) is 6.58 Å². The van der Waals surface area contributed by atoms with Crippen molar-refractivity contribution in [1.82, 2.24) is 0 Å². The molecule has 1 N–H and O–H groups in total. The normalized spacial score (nSPS) is 38.4. The minimum Gasteiger partial charge on any atom is -0.480 e. The van der Waals surface area contributed by atoms with Gasteiger partial charge in [-0.1, -0.05) is 27.4 Å². The Morgan fingerprint density at radius 1 is 1.44 bits per heavy atom. The van der Waals surface area contributed by atoms with Crippen LogP contribution in [0, 0.1) is 17.8 Å². The summed E-state index contributed by atoms with van der Waals surface area (Å²) < 4.78 is 16.9. The van der Waals surface area contributed by atoms with Gasteiger partial charge in [-0.05, 0) is 19.3 Å². The van der Waals surface area contributed by atoms with E-state index in [9.17, 15) is 19.5 Å². The molecular formula is C20H26O7. The van der Waals surface area contributed by atoms with Gasteiger partial charge in [0.1, 0.15) is 24.1 Å². The molecule has 7 nitrogen and oxygen atoms in total. The Hall–Kier alpha value is -2.15. The van der Waals surface area contributed by atoms with Gasteiger partial charge in [0.25, 0.3) is 0 Å². The molecule has 2 bridgehead atoms. The first-order valence-corrected chi connectivity index (χ1v) is 9.27. The van der Waals surface area contributed by atoms with Gasteiger partial charge in [-0.3, -0.25) is 9.59 Å². The Kier molecular flexibility index (Phi) is 4.93. The second-order valence-corrected chi connectivity index (χ2v) is 8.25. The summed E-state index contributed by atoms with van der Waals surface area (Å²) in [4.78, 5) is 37.1. The van der Waals surface area contributed by atoms with Crippen molar-refractivity contribution >= 4 is 17.7 Å². The lowest BCUT2D eigenvalue weighted by Crippen LogP contribution is -2.55. The molecule has 0 saturated carbocycles. The van der Waals surface area contributed by atoms with E-state index in [0.717, 1.165) is 0 Å². The topological polar surface area (TPSA) is 99.1 Å². The monoisotopic (exact) mass is 378 g/mol. The fourth-order valence-corrected chi connectivity index (χ4v) is 3.94. The second-order valence-electron chi connectivity index (χ2n) is 8.25. The van der Waals surface area contributed by atoms with Crippen LogP contribution in [0.15, 0.2) is 24.0 Å². The van der Waals surface area contributed by atoms with Gasteiger partial charge in [-0.15, -0.1) is 0 Å². The van der Waals surface area contributed by atoms with Crippen LogP contribution in [0.5, 0.6) is 0 Å². The highest BCUT2D eigenvalue weighted by Gasteiger charge is 2.58. The van der Waals surface area contributed by atoms with Crippen LogP contribution in [-0.4, -0.2) is 46.7 Å². The number of rotatable bonds is 3. The first-order valence-electron chi connectivity index (χ1n) is 9.27. The summed E-state index contributed by atoms with van der Waals surface area (Å²) in [5, 5.41) is 11.1. The van der Waals surface area contributed by atoms with E-state index >= 15 is 0 Å². The molecule has 0 amide bonds. The van der Waals surface area contributed by atoms with Gasteiger partial charge in [0.15, 0.2) is 5.60 Å². The molecule has 7 heteroatoms. The number of fused-ring (bicyclic) bond motifs is 3. The van der Waals surface area contributed by atoms with E-state index in [0.29, 0.717) is 12.2 Å². The molecule has 148 valence electrons. The zero-order valence-corrected chi connectivity index (χ0v) is 16.1. The SMILES string of the molecule is C=C1C(=O)O[C@@H]2C[C@@H](C)C3=CC(=O)[C@@](C)(O3)[C@H](O)[C@@H](OC(=O)CC(C)C)[C@@H]12. The van der Waals surface area contributed by atoms with Crippen molar-refractivity contribution in [2.24, 2.45) is 17.8 Å². The highest BCUT2D eigenvalue weighted by atomic mass is 16.6. The molecule has 2 fully saturated rings. The molecule has 3 aliphatic heterocycles. The number of carbonyl (C=O) groups is 3. The molecule has 6 atom stereocenters. The first kappa shape index (κ1) is 19.6. The summed E-state index contributed by atoms with van der Waals surface area (Å²) >= 11 is 0. The summed E-state index contributed by atoms with van der Waals surface area (Å²) in [6.07, 6.45) is -1.38. The number of ketones is 1. The van der Waals surface area contributed by atoms with Crippen LogP contribution in [0.3, 0.4) is 0 Å². The quantitative estimate of drug-likeness (QED) is 0.589. The molecule has 0 spiro atoms. The minimum atomic E-state index is -1.59. The van der Waals surface area contributed by atoms with E-state index in [-0.39, 0.29) is 23.8 Å². The van der Waals surface area contributed by atoms with E-state index < -0.39 is 47.6 Å². The lowest BCUT2D eigenvalue weighted by molar-refractivity contribution is -0.179. The molecule has 2 saturated heterocycles. The van der Waals surface area contributed by atoms with E-state index in [4.69, 9.17) is 14.2 Å². The summed E-state index contributed by atoms with van der Waals surface area (Å²) in [7, 11) is 0. The fourth-order valence-electron chi connectivity index (χ4n) is 3.94. The van der Waals surface area contributed by atoms with Crippen LogP contribution in [0.25, 0.3) is 0 Å². The minimum absolute atomic E-state index is 0.0553. The Labute approximate surface area is 158 Å². The molecule has 0 aromatic carbocycles. The predicted molar refractivity (Wildman–Crippen MR) is 94.2 cm³/mol. The smallest absolute Gasteiger partial charge is 0.334 e. The van der Waals surface area contributed by atoms with Crippen molar-refractivity contribution in [1.29, 1.82) is 0 Å². The molecule has 3 heterocycles. The summed E-state index contributed by atoms with van der Waals surface area (Å²) in [5.74, 6) is -1.94. The first-order chi connectivity index (χ1) is 12.5. The van der Waals surface area contributed by atoms with Crippen molar-refractivity contribution in [3.05, 3.63) is 24.0 Å². The molecular weight excluding hydrogens is 352 g/mol. The average Bonchev–Trinajstić information content (AvgIpc) is 3.02. The van der Waals surface area contributed by atoms with Crippen molar-refractivity contribution in [3.8, 4) is 0 Å². The molecule has 3 rings (SSSR count). The van der Waals surface area contributed by atoms with Crippen molar-refractivity contribution < 1.29 is 33.7 Å². The van der Waals surface area contributed by atoms with Gasteiger partial charge in [0.2, 0.25) is 5.78 Å². The maximum Gasteiger partial charge on any atom is 0.334 e. The number of hydrogen-bond acceptors (Lipinski definition) is 7. The van der Waals surface area contributed by atoms with E-state index in [1.54, 1.807) is 0 Å². The number of aliphatic hydroxyl groups excluding tert-OH is 1. The molecule has 27 heavy (non-hydrogen) atoms. The number of carbonyl (C=O) groups excluding carboxylic acids is 3. The zero-order valence-electron chi connectivity index (χ0n) is 16.1. The lowest BCUT2D eigenvalue weighted by atomic mass is 9.78. The number of hydrogen-bond donors (Lipinski definition) is 1. The maximum atomic E-state index is 12.6. The van der Waals surface area contributed by atoms with E-state index in [1.807, 2.05) is 20.8 Å². The Morgan fingerprint density at radius 3 is 2.74 bits per heavy atom. The molecule has 0 radical (unpaired) electrons. The largest absolute Gasteiger partial charge is 0.480 e. The van der Waals surface area contributed by atoms with Gasteiger partial charge >= 0.3 is 11.9 Å². The van der Waals surface area contributed by atoms with Crippen LogP contribution >= 0.6 is 0 Å². The zero-order chi connectivity index (χ0) is 20.1. The molecule has 0 unspecified atom stereocenters. The summed E-state index contributed by atoms with van der Waals surface area (Å²) in [6.45, 7) is 10.9. The van der Waals surface area contributed by atoms with Gasteiger partial charge in [-0.25, -0.2) is 4.79 Å². The van der Waals surface area contributed by atoms with Crippen LogP contribution < -0.4 is 0 Å².